The van der Waals surface area contributed by atoms with Gasteiger partial charge >= 0.3 is 0 Å². The monoisotopic (exact) mass is 253 g/mol. The summed E-state index contributed by atoms with van der Waals surface area (Å²) in [7, 11) is 0. The minimum absolute atomic E-state index is 0.0125. The molecule has 0 aromatic heterocycles. The number of aromatic hydroxyl groups is 1. The Labute approximate surface area is 107 Å². The van der Waals surface area contributed by atoms with E-state index >= 15 is 0 Å². The molecule has 0 spiro atoms. The molecule has 3 N–H and O–H groups in total. The Morgan fingerprint density at radius 1 is 1.44 bits per heavy atom. The van der Waals surface area contributed by atoms with Crippen LogP contribution in [-0.2, 0) is 0 Å². The van der Waals surface area contributed by atoms with Gasteiger partial charge in [0, 0.05) is 17.7 Å². The summed E-state index contributed by atoms with van der Waals surface area (Å²) in [5.74, 6) is 0.0499. The molecule has 100 valence electrons. The van der Waals surface area contributed by atoms with E-state index in [1.807, 2.05) is 6.92 Å². The Morgan fingerprint density at radius 3 is 2.83 bits per heavy atom. The second kappa shape index (κ2) is 5.67. The van der Waals surface area contributed by atoms with E-state index in [0.29, 0.717) is 11.5 Å². The van der Waals surface area contributed by atoms with Crippen LogP contribution in [0.15, 0.2) is 18.2 Å². The lowest BCUT2D eigenvalue weighted by molar-refractivity contribution is 0.177. The van der Waals surface area contributed by atoms with Gasteiger partial charge in [-0.15, -0.1) is 0 Å². The van der Waals surface area contributed by atoms with Crippen LogP contribution in [0.3, 0.4) is 0 Å². The van der Waals surface area contributed by atoms with Crippen LogP contribution >= 0.6 is 0 Å². The van der Waals surface area contributed by atoms with Gasteiger partial charge in [0.05, 0.1) is 6.10 Å². The van der Waals surface area contributed by atoms with Crippen molar-refractivity contribution in [1.82, 2.24) is 5.32 Å². The van der Waals surface area contributed by atoms with Crippen molar-refractivity contribution in [3.63, 3.8) is 0 Å². The summed E-state index contributed by atoms with van der Waals surface area (Å²) in [4.78, 5) is 0. The van der Waals surface area contributed by atoms with Crippen LogP contribution in [0.5, 0.6) is 5.75 Å². The Hall–Kier alpha value is -1.13. The normalized spacial score (nSPS) is 25.3. The lowest BCUT2D eigenvalue weighted by atomic mass is 10.0. The van der Waals surface area contributed by atoms with Crippen LogP contribution in [0.1, 0.15) is 37.8 Å². The van der Waals surface area contributed by atoms with Crippen molar-refractivity contribution in [3.8, 4) is 5.75 Å². The number of rotatable bonds is 4. The summed E-state index contributed by atoms with van der Waals surface area (Å²) >= 11 is 0. The predicted octanol–water partition coefficient (Wildman–Crippen LogP) is 2.34. The maximum Gasteiger partial charge on any atom is 0.126 e. The van der Waals surface area contributed by atoms with E-state index < -0.39 is 5.82 Å². The van der Waals surface area contributed by atoms with Gasteiger partial charge in [0.2, 0.25) is 0 Å². The number of halogens is 1. The number of hydrogen-bond acceptors (Lipinski definition) is 3. The molecule has 0 saturated heterocycles. The van der Waals surface area contributed by atoms with Crippen LogP contribution < -0.4 is 5.32 Å². The van der Waals surface area contributed by atoms with Gasteiger partial charge in [0.15, 0.2) is 0 Å². The average Bonchev–Trinajstić information content (AvgIpc) is 2.72. The third-order valence-corrected chi connectivity index (χ3v) is 3.69. The Bertz CT molecular complexity index is 411. The van der Waals surface area contributed by atoms with Gasteiger partial charge in [-0.2, -0.15) is 0 Å². The summed E-state index contributed by atoms with van der Waals surface area (Å²) in [6.07, 6.45) is 2.60. The summed E-state index contributed by atoms with van der Waals surface area (Å²) < 4.78 is 12.9. The molecular formula is C14H20FNO2. The van der Waals surface area contributed by atoms with Crippen LogP contribution in [-0.4, -0.2) is 22.9 Å². The molecule has 0 bridgehead atoms. The first-order valence-electron chi connectivity index (χ1n) is 6.46. The molecule has 3 unspecified atom stereocenters. The topological polar surface area (TPSA) is 52.5 Å². The number of aliphatic hydroxyl groups excluding tert-OH is 1. The first kappa shape index (κ1) is 13.3. The Balaban J connectivity index is 1.89. The smallest absolute Gasteiger partial charge is 0.126 e. The van der Waals surface area contributed by atoms with E-state index in [9.17, 15) is 14.6 Å². The quantitative estimate of drug-likeness (QED) is 0.772. The molecule has 0 heterocycles. The fourth-order valence-corrected chi connectivity index (χ4v) is 2.57. The fraction of sp³-hybridized carbons (Fsp3) is 0.571. The maximum absolute atomic E-state index is 12.9. The largest absolute Gasteiger partial charge is 0.508 e. The van der Waals surface area contributed by atoms with Crippen LogP contribution in [0.4, 0.5) is 4.39 Å². The second-order valence-corrected chi connectivity index (χ2v) is 5.17. The molecule has 1 aliphatic rings. The lowest BCUT2D eigenvalue weighted by Gasteiger charge is -2.18. The van der Waals surface area contributed by atoms with Gasteiger partial charge in [0.1, 0.15) is 11.6 Å². The summed E-state index contributed by atoms with van der Waals surface area (Å²) in [6, 6.07) is 4.06. The van der Waals surface area contributed by atoms with Crippen LogP contribution in [0.25, 0.3) is 0 Å². The van der Waals surface area contributed by atoms with E-state index in [1.165, 1.54) is 6.07 Å². The van der Waals surface area contributed by atoms with Crippen molar-refractivity contribution in [3.05, 3.63) is 29.6 Å². The Morgan fingerprint density at radius 2 is 2.22 bits per heavy atom. The highest BCUT2D eigenvalue weighted by molar-refractivity contribution is 5.34. The molecule has 0 aliphatic heterocycles. The van der Waals surface area contributed by atoms with Crippen molar-refractivity contribution < 1.29 is 14.6 Å². The van der Waals surface area contributed by atoms with Gasteiger partial charge in [0.25, 0.3) is 0 Å². The van der Waals surface area contributed by atoms with E-state index in [0.717, 1.165) is 31.9 Å². The molecule has 2 rings (SSSR count). The van der Waals surface area contributed by atoms with E-state index in [1.54, 1.807) is 6.07 Å². The van der Waals surface area contributed by atoms with Gasteiger partial charge < -0.3 is 15.5 Å². The number of benzene rings is 1. The zero-order valence-corrected chi connectivity index (χ0v) is 10.6. The van der Waals surface area contributed by atoms with E-state index in [-0.39, 0.29) is 17.9 Å². The molecule has 4 heteroatoms. The minimum Gasteiger partial charge on any atom is -0.508 e. The first-order valence-corrected chi connectivity index (χ1v) is 6.46. The highest BCUT2D eigenvalue weighted by Gasteiger charge is 2.23. The number of aliphatic hydroxyl groups is 1. The molecule has 18 heavy (non-hydrogen) atoms. The third kappa shape index (κ3) is 3.21. The number of nitrogens with one attached hydrogen (secondary N) is 1. The standard InChI is InChI=1S/C14H20FNO2/c1-9(13-5-3-11(15)7-14(13)18)16-8-10-2-4-12(17)6-10/h3,5,7,9-10,12,16-18H,2,4,6,8H2,1H3. The molecule has 1 fully saturated rings. The number of phenolic OH excluding ortho intramolecular Hbond substituents is 1. The van der Waals surface area contributed by atoms with Crippen molar-refractivity contribution in [1.29, 1.82) is 0 Å². The molecule has 3 atom stereocenters. The van der Waals surface area contributed by atoms with Gasteiger partial charge in [-0.05, 0) is 44.7 Å². The molecule has 0 amide bonds. The molecule has 1 aromatic carbocycles. The summed E-state index contributed by atoms with van der Waals surface area (Å²) in [6.45, 7) is 2.76. The zero-order valence-electron chi connectivity index (χ0n) is 10.6. The average molecular weight is 253 g/mol. The summed E-state index contributed by atoms with van der Waals surface area (Å²) in [5.41, 5.74) is 0.704. The molecule has 0 radical (unpaired) electrons. The van der Waals surface area contributed by atoms with Crippen molar-refractivity contribution in [2.75, 3.05) is 6.54 Å². The molecule has 1 saturated carbocycles. The van der Waals surface area contributed by atoms with E-state index in [2.05, 4.69) is 5.32 Å². The number of phenols is 1. The molecule has 1 aromatic rings. The first-order chi connectivity index (χ1) is 8.56. The minimum atomic E-state index is -0.428. The van der Waals surface area contributed by atoms with Crippen LogP contribution in [0, 0.1) is 11.7 Å². The SMILES string of the molecule is CC(NCC1CCC(O)C1)c1ccc(F)cc1O. The summed E-state index contributed by atoms with van der Waals surface area (Å²) in [5, 5.41) is 22.5. The maximum atomic E-state index is 12.9. The fourth-order valence-electron chi connectivity index (χ4n) is 2.57. The molecule has 3 nitrogen and oxygen atoms in total. The number of hydrogen-bond donors (Lipinski definition) is 3. The highest BCUT2D eigenvalue weighted by Crippen LogP contribution is 2.27. The van der Waals surface area contributed by atoms with Gasteiger partial charge in [-0.25, -0.2) is 4.39 Å². The zero-order chi connectivity index (χ0) is 13.1. The predicted molar refractivity (Wildman–Crippen MR) is 67.8 cm³/mol. The second-order valence-electron chi connectivity index (χ2n) is 5.17. The van der Waals surface area contributed by atoms with E-state index in [4.69, 9.17) is 0 Å². The Kier molecular flexibility index (Phi) is 4.19. The molecular weight excluding hydrogens is 233 g/mol. The van der Waals surface area contributed by atoms with Gasteiger partial charge in [-0.1, -0.05) is 6.07 Å². The molecule has 1 aliphatic carbocycles. The van der Waals surface area contributed by atoms with Crippen molar-refractivity contribution in [2.24, 2.45) is 5.92 Å². The third-order valence-electron chi connectivity index (χ3n) is 3.69. The van der Waals surface area contributed by atoms with Crippen molar-refractivity contribution in [2.45, 2.75) is 38.3 Å². The van der Waals surface area contributed by atoms with Crippen LogP contribution in [0.2, 0.25) is 0 Å². The van der Waals surface area contributed by atoms with Crippen molar-refractivity contribution >= 4 is 0 Å². The lowest BCUT2D eigenvalue weighted by Crippen LogP contribution is -2.25. The highest BCUT2D eigenvalue weighted by atomic mass is 19.1. The van der Waals surface area contributed by atoms with Gasteiger partial charge in [-0.3, -0.25) is 0 Å².